The molecule has 2 aliphatic rings. The number of nitrogens with zero attached hydrogens (tertiary/aromatic N) is 3. The maximum Gasteiger partial charge on any atom is 0.147 e. The molecule has 1 N–H and O–H groups in total. The van der Waals surface area contributed by atoms with Gasteiger partial charge in [0.2, 0.25) is 0 Å². The monoisotopic (exact) mass is 276 g/mol. The second kappa shape index (κ2) is 4.99. The zero-order valence-corrected chi connectivity index (χ0v) is 11.7. The van der Waals surface area contributed by atoms with Crippen LogP contribution in [-0.2, 0) is 0 Å². The van der Waals surface area contributed by atoms with Crippen molar-refractivity contribution >= 4 is 17.4 Å². The highest BCUT2D eigenvalue weighted by Crippen LogP contribution is 2.32. The van der Waals surface area contributed by atoms with E-state index in [0.717, 1.165) is 37.6 Å². The number of aryl methyl sites for hydroxylation is 1. The van der Waals surface area contributed by atoms with E-state index in [4.69, 9.17) is 16.9 Å². The second-order valence-electron chi connectivity index (χ2n) is 5.38. The van der Waals surface area contributed by atoms with Crippen LogP contribution in [0.4, 0.5) is 5.82 Å². The first kappa shape index (κ1) is 12.7. The van der Waals surface area contributed by atoms with Gasteiger partial charge < -0.3 is 10.2 Å². The van der Waals surface area contributed by atoms with Gasteiger partial charge in [-0.1, -0.05) is 11.6 Å². The molecule has 0 amide bonds. The Hall–Kier alpha value is -1.31. The average molecular weight is 277 g/mol. The van der Waals surface area contributed by atoms with Gasteiger partial charge in [-0.25, -0.2) is 4.98 Å². The predicted molar refractivity (Wildman–Crippen MR) is 75.4 cm³/mol. The zero-order chi connectivity index (χ0) is 13.4. The van der Waals surface area contributed by atoms with Crippen molar-refractivity contribution in [1.29, 1.82) is 5.26 Å². The van der Waals surface area contributed by atoms with Crippen molar-refractivity contribution < 1.29 is 0 Å². The van der Waals surface area contributed by atoms with E-state index in [-0.39, 0.29) is 0 Å². The van der Waals surface area contributed by atoms with Crippen molar-refractivity contribution in [3.05, 3.63) is 22.3 Å². The van der Waals surface area contributed by atoms with Crippen LogP contribution in [-0.4, -0.2) is 30.7 Å². The van der Waals surface area contributed by atoms with Crippen molar-refractivity contribution in [2.75, 3.05) is 24.5 Å². The van der Waals surface area contributed by atoms with Gasteiger partial charge in [0.25, 0.3) is 0 Å². The summed E-state index contributed by atoms with van der Waals surface area (Å²) in [5, 5.41) is 13.1. The molecule has 0 bridgehead atoms. The Kier molecular flexibility index (Phi) is 3.34. The number of nitrogens with one attached hydrogen (secondary N) is 1. The molecule has 19 heavy (non-hydrogen) atoms. The fourth-order valence-corrected chi connectivity index (χ4v) is 3.41. The van der Waals surface area contributed by atoms with Gasteiger partial charge in [-0.2, -0.15) is 5.26 Å². The Morgan fingerprint density at radius 3 is 3.16 bits per heavy atom. The quantitative estimate of drug-likeness (QED) is 0.853. The summed E-state index contributed by atoms with van der Waals surface area (Å²) in [7, 11) is 0. The summed E-state index contributed by atoms with van der Waals surface area (Å²) < 4.78 is 0. The lowest BCUT2D eigenvalue weighted by Crippen LogP contribution is -2.44. The third-order valence-corrected chi connectivity index (χ3v) is 4.50. The van der Waals surface area contributed by atoms with Crippen molar-refractivity contribution in [2.45, 2.75) is 25.8 Å². The van der Waals surface area contributed by atoms with E-state index in [1.54, 1.807) is 6.07 Å². The van der Waals surface area contributed by atoms with Gasteiger partial charge in [0, 0.05) is 19.1 Å². The molecule has 2 fully saturated rings. The fraction of sp³-hybridized carbons (Fsp3) is 0.571. The maximum atomic E-state index is 9.00. The summed E-state index contributed by atoms with van der Waals surface area (Å²) in [6, 6.07) is 4.52. The summed E-state index contributed by atoms with van der Waals surface area (Å²) in [5.74, 6) is 1.53. The Bertz CT molecular complexity index is 537. The summed E-state index contributed by atoms with van der Waals surface area (Å²) in [5.41, 5.74) is 1.32. The first-order valence-corrected chi connectivity index (χ1v) is 7.12. The van der Waals surface area contributed by atoms with Crippen LogP contribution in [0, 0.1) is 24.2 Å². The largest absolute Gasteiger partial charge is 0.355 e. The number of aromatic nitrogens is 1. The molecule has 0 aromatic carbocycles. The number of anilines is 1. The van der Waals surface area contributed by atoms with Crippen LogP contribution in [0.5, 0.6) is 0 Å². The number of hydrogen-bond acceptors (Lipinski definition) is 4. The summed E-state index contributed by atoms with van der Waals surface area (Å²) >= 11 is 6.29. The Balaban J connectivity index is 1.86. The number of rotatable bonds is 1. The highest BCUT2D eigenvalue weighted by molar-refractivity contribution is 6.33. The Morgan fingerprint density at radius 2 is 2.37 bits per heavy atom. The van der Waals surface area contributed by atoms with Gasteiger partial charge in [-0.05, 0) is 38.3 Å². The van der Waals surface area contributed by atoms with E-state index in [1.165, 1.54) is 6.42 Å². The number of hydrogen-bond donors (Lipinski definition) is 1. The summed E-state index contributed by atoms with van der Waals surface area (Å²) in [6.07, 6.45) is 2.37. The molecule has 0 saturated carbocycles. The van der Waals surface area contributed by atoms with E-state index in [2.05, 4.69) is 21.3 Å². The number of halogens is 1. The molecule has 0 aliphatic carbocycles. The minimum Gasteiger partial charge on any atom is -0.355 e. The molecule has 3 rings (SSSR count). The minimum atomic E-state index is 0.561. The first-order chi connectivity index (χ1) is 9.19. The number of nitriles is 1. The molecule has 2 saturated heterocycles. The molecular formula is C14H17ClN4. The molecule has 2 aliphatic heterocycles. The van der Waals surface area contributed by atoms with E-state index in [1.807, 2.05) is 6.92 Å². The topological polar surface area (TPSA) is 52.0 Å². The normalized spacial score (nSPS) is 26.1. The molecule has 100 valence electrons. The summed E-state index contributed by atoms with van der Waals surface area (Å²) in [4.78, 5) is 6.80. The zero-order valence-electron chi connectivity index (χ0n) is 11.0. The fourth-order valence-electron chi connectivity index (χ4n) is 3.14. The van der Waals surface area contributed by atoms with Crippen LogP contribution in [0.2, 0.25) is 5.02 Å². The van der Waals surface area contributed by atoms with Crippen LogP contribution in [0.3, 0.4) is 0 Å². The highest BCUT2D eigenvalue weighted by atomic mass is 35.5. The van der Waals surface area contributed by atoms with E-state index < -0.39 is 0 Å². The lowest BCUT2D eigenvalue weighted by molar-refractivity contribution is 0.375. The average Bonchev–Trinajstić information content (AvgIpc) is 2.88. The Morgan fingerprint density at radius 1 is 1.53 bits per heavy atom. The molecule has 5 heteroatoms. The highest BCUT2D eigenvalue weighted by Gasteiger charge is 2.33. The number of piperidine rings is 1. The predicted octanol–water partition coefficient (Wildman–Crippen LogP) is 2.10. The van der Waals surface area contributed by atoms with Gasteiger partial charge in [-0.3, -0.25) is 0 Å². The molecule has 1 aromatic heterocycles. The van der Waals surface area contributed by atoms with Crippen LogP contribution < -0.4 is 10.2 Å². The van der Waals surface area contributed by atoms with Crippen molar-refractivity contribution in [1.82, 2.24) is 10.3 Å². The third-order valence-electron chi connectivity index (χ3n) is 4.22. The Labute approximate surface area is 118 Å². The molecule has 0 radical (unpaired) electrons. The molecule has 1 aromatic rings. The van der Waals surface area contributed by atoms with Crippen molar-refractivity contribution in [2.24, 2.45) is 5.92 Å². The molecule has 3 heterocycles. The summed E-state index contributed by atoms with van der Waals surface area (Å²) in [6.45, 7) is 4.97. The van der Waals surface area contributed by atoms with Gasteiger partial charge in [-0.15, -0.1) is 0 Å². The van der Waals surface area contributed by atoms with Crippen molar-refractivity contribution in [3.8, 4) is 6.07 Å². The van der Waals surface area contributed by atoms with Gasteiger partial charge in [0.05, 0.1) is 16.3 Å². The third kappa shape index (κ3) is 2.29. The lowest BCUT2D eigenvalue weighted by Gasteiger charge is -2.36. The van der Waals surface area contributed by atoms with Crippen LogP contribution >= 0.6 is 11.6 Å². The SMILES string of the molecule is Cc1nc(N2CCC3NCCC3C2)c(Cl)cc1C#N. The van der Waals surface area contributed by atoms with Crippen LogP contribution in [0.25, 0.3) is 0 Å². The molecular weight excluding hydrogens is 260 g/mol. The van der Waals surface area contributed by atoms with E-state index >= 15 is 0 Å². The van der Waals surface area contributed by atoms with Gasteiger partial charge in [0.1, 0.15) is 11.9 Å². The van der Waals surface area contributed by atoms with E-state index in [9.17, 15) is 0 Å². The number of pyridine rings is 1. The molecule has 2 atom stereocenters. The lowest BCUT2D eigenvalue weighted by atomic mass is 9.93. The van der Waals surface area contributed by atoms with Gasteiger partial charge in [0.15, 0.2) is 0 Å². The van der Waals surface area contributed by atoms with Crippen molar-refractivity contribution in [3.63, 3.8) is 0 Å². The maximum absolute atomic E-state index is 9.00. The second-order valence-corrected chi connectivity index (χ2v) is 5.79. The minimum absolute atomic E-state index is 0.561. The standard InChI is InChI=1S/C14H17ClN4/c1-9-11(7-16)6-12(15)14(18-9)19-5-3-13-10(8-19)2-4-17-13/h6,10,13,17H,2-5,8H2,1H3. The molecule has 4 nitrogen and oxygen atoms in total. The smallest absolute Gasteiger partial charge is 0.147 e. The van der Waals surface area contributed by atoms with Crippen LogP contribution in [0.1, 0.15) is 24.1 Å². The molecule has 0 spiro atoms. The number of fused-ring (bicyclic) bond motifs is 1. The van der Waals surface area contributed by atoms with E-state index in [0.29, 0.717) is 22.5 Å². The van der Waals surface area contributed by atoms with Gasteiger partial charge >= 0.3 is 0 Å². The first-order valence-electron chi connectivity index (χ1n) is 6.74. The molecule has 2 unspecified atom stereocenters. The van der Waals surface area contributed by atoms with Crippen LogP contribution in [0.15, 0.2) is 6.07 Å².